The summed E-state index contributed by atoms with van der Waals surface area (Å²) >= 11 is 0. The van der Waals surface area contributed by atoms with Crippen LogP contribution in [0, 0.1) is 0 Å². The molecule has 0 unspecified atom stereocenters. The van der Waals surface area contributed by atoms with E-state index in [0.29, 0.717) is 24.5 Å². The second kappa shape index (κ2) is 6.97. The van der Waals surface area contributed by atoms with Gasteiger partial charge < -0.3 is 14.7 Å². The van der Waals surface area contributed by atoms with Gasteiger partial charge in [-0.1, -0.05) is 12.8 Å². The van der Waals surface area contributed by atoms with E-state index in [1.54, 1.807) is 13.8 Å². The number of hydrogen-bond acceptors (Lipinski definition) is 4. The van der Waals surface area contributed by atoms with E-state index in [2.05, 4.69) is 0 Å². The van der Waals surface area contributed by atoms with E-state index in [4.69, 9.17) is 4.74 Å². The zero-order valence-electron chi connectivity index (χ0n) is 15.2. The van der Waals surface area contributed by atoms with E-state index < -0.39 is 11.6 Å². The highest BCUT2D eigenvalue weighted by Crippen LogP contribution is 2.38. The van der Waals surface area contributed by atoms with Crippen molar-refractivity contribution in [1.82, 2.24) is 4.90 Å². The van der Waals surface area contributed by atoms with Crippen LogP contribution < -0.4 is 9.64 Å². The Hall–Kier alpha value is -2.57. The Labute approximate surface area is 152 Å². The fourth-order valence-electron chi connectivity index (χ4n) is 3.42. The number of carbonyl (C=O) groups is 3. The van der Waals surface area contributed by atoms with Crippen LogP contribution in [0.4, 0.5) is 5.69 Å². The highest BCUT2D eigenvalue weighted by atomic mass is 16.5. The number of anilines is 1. The molecule has 26 heavy (non-hydrogen) atoms. The number of carbonyl (C=O) groups excluding carboxylic acids is 2. The Bertz CT molecular complexity index is 735. The van der Waals surface area contributed by atoms with Crippen LogP contribution in [0.1, 0.15) is 49.9 Å². The van der Waals surface area contributed by atoms with E-state index in [-0.39, 0.29) is 23.9 Å². The molecule has 1 fully saturated rings. The average Bonchev–Trinajstić information content (AvgIpc) is 2.87. The van der Waals surface area contributed by atoms with Crippen LogP contribution in [-0.2, 0) is 9.59 Å². The standard InChI is InChI=1S/C19H24N2O5/c1-19(2)18(25)21(12-16(22)20-9-5-3-4-6-10-20)14-8-7-13(17(23)24)11-15(14)26-19/h7-8,11H,3-6,9-10,12H2,1-2H3,(H,23,24). The molecule has 7 heteroatoms. The number of carboxylic acids is 1. The summed E-state index contributed by atoms with van der Waals surface area (Å²) in [5.74, 6) is -1.17. The Morgan fingerprint density at radius 1 is 1.15 bits per heavy atom. The van der Waals surface area contributed by atoms with Crippen LogP contribution in [0.15, 0.2) is 18.2 Å². The molecule has 2 aliphatic heterocycles. The third-order valence-electron chi connectivity index (χ3n) is 4.88. The Morgan fingerprint density at radius 2 is 1.81 bits per heavy atom. The minimum absolute atomic E-state index is 0.0644. The summed E-state index contributed by atoms with van der Waals surface area (Å²) < 4.78 is 5.72. The Balaban J connectivity index is 1.89. The van der Waals surface area contributed by atoms with Crippen molar-refractivity contribution in [3.63, 3.8) is 0 Å². The van der Waals surface area contributed by atoms with Crippen LogP contribution in [-0.4, -0.2) is 53.0 Å². The van der Waals surface area contributed by atoms with E-state index >= 15 is 0 Å². The van der Waals surface area contributed by atoms with E-state index in [1.807, 2.05) is 4.90 Å². The summed E-state index contributed by atoms with van der Waals surface area (Å²) in [6.07, 6.45) is 4.20. The molecular formula is C19H24N2O5. The highest BCUT2D eigenvalue weighted by Gasteiger charge is 2.42. The number of benzene rings is 1. The fourth-order valence-corrected chi connectivity index (χ4v) is 3.42. The third-order valence-corrected chi connectivity index (χ3v) is 4.88. The first kappa shape index (κ1) is 18.2. The van der Waals surface area contributed by atoms with Crippen molar-refractivity contribution < 1.29 is 24.2 Å². The van der Waals surface area contributed by atoms with Crippen molar-refractivity contribution in [2.24, 2.45) is 0 Å². The first-order chi connectivity index (χ1) is 12.3. The maximum Gasteiger partial charge on any atom is 0.335 e. The molecule has 1 N–H and O–H groups in total. The van der Waals surface area contributed by atoms with Gasteiger partial charge in [0, 0.05) is 13.1 Å². The molecule has 1 aromatic carbocycles. The smallest absolute Gasteiger partial charge is 0.335 e. The van der Waals surface area contributed by atoms with E-state index in [9.17, 15) is 19.5 Å². The van der Waals surface area contributed by atoms with Crippen LogP contribution in [0.3, 0.4) is 0 Å². The van der Waals surface area contributed by atoms with Gasteiger partial charge in [-0.3, -0.25) is 14.5 Å². The molecule has 0 radical (unpaired) electrons. The molecule has 140 valence electrons. The Kier molecular flexibility index (Phi) is 4.89. The Morgan fingerprint density at radius 3 is 2.42 bits per heavy atom. The lowest BCUT2D eigenvalue weighted by molar-refractivity contribution is -0.136. The number of likely N-dealkylation sites (tertiary alicyclic amines) is 1. The summed E-state index contributed by atoms with van der Waals surface area (Å²) in [4.78, 5) is 40.0. The second-order valence-electron chi connectivity index (χ2n) is 7.29. The quantitative estimate of drug-likeness (QED) is 0.894. The number of rotatable bonds is 3. The minimum atomic E-state index is -1.16. The van der Waals surface area contributed by atoms with Crippen LogP contribution >= 0.6 is 0 Å². The molecule has 0 aliphatic carbocycles. The SMILES string of the molecule is CC1(C)Oc2cc(C(=O)O)ccc2N(CC(=O)N2CCCCCC2)C1=O. The van der Waals surface area contributed by atoms with E-state index in [1.165, 1.54) is 23.1 Å². The lowest BCUT2D eigenvalue weighted by Crippen LogP contribution is -2.55. The largest absolute Gasteiger partial charge is 0.478 e. The fraction of sp³-hybridized carbons (Fsp3) is 0.526. The zero-order valence-corrected chi connectivity index (χ0v) is 15.2. The first-order valence-corrected chi connectivity index (χ1v) is 8.96. The second-order valence-corrected chi connectivity index (χ2v) is 7.29. The molecule has 0 atom stereocenters. The molecule has 1 saturated heterocycles. The van der Waals surface area contributed by atoms with Gasteiger partial charge in [0.2, 0.25) is 5.91 Å². The predicted octanol–water partition coefficient (Wildman–Crippen LogP) is 2.29. The van der Waals surface area contributed by atoms with Gasteiger partial charge in [0.1, 0.15) is 12.3 Å². The molecule has 2 heterocycles. The maximum absolute atomic E-state index is 12.8. The van der Waals surface area contributed by atoms with Crippen molar-refractivity contribution >= 4 is 23.5 Å². The summed E-state index contributed by atoms with van der Waals surface area (Å²) in [7, 11) is 0. The molecule has 2 aliphatic rings. The highest BCUT2D eigenvalue weighted by molar-refractivity contribution is 6.06. The number of hydrogen-bond donors (Lipinski definition) is 1. The molecule has 3 rings (SSSR count). The summed E-state index contributed by atoms with van der Waals surface area (Å²) in [5, 5.41) is 9.18. The number of ether oxygens (including phenoxy) is 1. The van der Waals surface area contributed by atoms with Crippen molar-refractivity contribution in [2.45, 2.75) is 45.1 Å². The molecule has 1 aromatic rings. The van der Waals surface area contributed by atoms with Crippen LogP contribution in [0.25, 0.3) is 0 Å². The number of carboxylic acid groups (broad SMARTS) is 1. The lowest BCUT2D eigenvalue weighted by atomic mass is 10.0. The topological polar surface area (TPSA) is 87.2 Å². The number of nitrogens with zero attached hydrogens (tertiary/aromatic N) is 2. The molecule has 0 aromatic heterocycles. The van der Waals surface area contributed by atoms with Gasteiger partial charge in [0.15, 0.2) is 5.60 Å². The molecule has 2 amide bonds. The van der Waals surface area contributed by atoms with Crippen LogP contribution in [0.5, 0.6) is 5.75 Å². The van der Waals surface area contributed by atoms with Crippen molar-refractivity contribution in [1.29, 1.82) is 0 Å². The molecular weight excluding hydrogens is 336 g/mol. The minimum Gasteiger partial charge on any atom is -0.478 e. The number of fused-ring (bicyclic) bond motifs is 1. The van der Waals surface area contributed by atoms with Crippen molar-refractivity contribution in [3.8, 4) is 5.75 Å². The average molecular weight is 360 g/mol. The first-order valence-electron chi connectivity index (χ1n) is 8.96. The van der Waals surface area contributed by atoms with Gasteiger partial charge in [0.25, 0.3) is 5.91 Å². The van der Waals surface area contributed by atoms with Gasteiger partial charge in [-0.05, 0) is 44.9 Å². The van der Waals surface area contributed by atoms with E-state index in [0.717, 1.165) is 25.7 Å². The summed E-state index contributed by atoms with van der Waals surface area (Å²) in [6, 6.07) is 4.34. The summed E-state index contributed by atoms with van der Waals surface area (Å²) in [5.41, 5.74) is -0.654. The van der Waals surface area contributed by atoms with Crippen LogP contribution in [0.2, 0.25) is 0 Å². The molecule has 7 nitrogen and oxygen atoms in total. The zero-order chi connectivity index (χ0) is 18.9. The monoisotopic (exact) mass is 360 g/mol. The summed E-state index contributed by atoms with van der Waals surface area (Å²) in [6.45, 7) is 4.60. The van der Waals surface area contributed by atoms with Gasteiger partial charge in [-0.2, -0.15) is 0 Å². The van der Waals surface area contributed by atoms with Gasteiger partial charge in [0.05, 0.1) is 11.3 Å². The van der Waals surface area contributed by atoms with Gasteiger partial charge in [-0.25, -0.2) is 4.79 Å². The van der Waals surface area contributed by atoms with Crippen molar-refractivity contribution in [2.75, 3.05) is 24.5 Å². The number of aromatic carboxylic acids is 1. The lowest BCUT2D eigenvalue weighted by Gasteiger charge is -2.39. The maximum atomic E-state index is 12.8. The van der Waals surface area contributed by atoms with Gasteiger partial charge >= 0.3 is 5.97 Å². The molecule has 0 bridgehead atoms. The predicted molar refractivity (Wildman–Crippen MR) is 95.5 cm³/mol. The number of amides is 2. The van der Waals surface area contributed by atoms with Crippen molar-refractivity contribution in [3.05, 3.63) is 23.8 Å². The third kappa shape index (κ3) is 3.52. The molecule has 0 saturated carbocycles. The molecule has 0 spiro atoms. The van der Waals surface area contributed by atoms with Gasteiger partial charge in [-0.15, -0.1) is 0 Å². The normalized spacial score (nSPS) is 19.4.